The maximum atomic E-state index is 12.9. The molecule has 0 saturated carbocycles. The van der Waals surface area contributed by atoms with Crippen LogP contribution in [0.5, 0.6) is 0 Å². The maximum absolute atomic E-state index is 12.9. The molecule has 3 aromatic carbocycles. The third kappa shape index (κ3) is 4.22. The number of anilines is 2. The molecule has 0 radical (unpaired) electrons. The zero-order chi connectivity index (χ0) is 23.2. The van der Waals surface area contributed by atoms with Gasteiger partial charge in [-0.05, 0) is 79.4 Å². The number of amides is 1. The third-order valence-electron chi connectivity index (χ3n) is 5.54. The minimum Gasteiger partial charge on any atom is -0.322 e. The highest BCUT2D eigenvalue weighted by Crippen LogP contribution is 2.51. The Morgan fingerprint density at radius 2 is 1.44 bits per heavy atom. The highest BCUT2D eigenvalue weighted by molar-refractivity contribution is 7.92. The Labute approximate surface area is 197 Å². The molecule has 1 aliphatic carbocycles. The summed E-state index contributed by atoms with van der Waals surface area (Å²) in [6, 6.07) is 15.1. The van der Waals surface area contributed by atoms with E-state index in [1.54, 1.807) is 30.3 Å². The lowest BCUT2D eigenvalue weighted by Crippen LogP contribution is -2.19. The average Bonchev–Trinajstić information content (AvgIpc) is 2.75. The quantitative estimate of drug-likeness (QED) is 0.417. The summed E-state index contributed by atoms with van der Waals surface area (Å²) in [6.07, 6.45) is 0. The fourth-order valence-electron chi connectivity index (χ4n) is 3.88. The number of carbonyl (C=O) groups is 1. The van der Waals surface area contributed by atoms with Crippen LogP contribution in [0.1, 0.15) is 48.9 Å². The summed E-state index contributed by atoms with van der Waals surface area (Å²) in [5, 5.41) is 2.23. The molecule has 0 heterocycles. The van der Waals surface area contributed by atoms with Gasteiger partial charge in [0, 0.05) is 11.3 Å². The molecule has 2 atom stereocenters. The number of benzene rings is 3. The second-order valence-electron chi connectivity index (χ2n) is 8.00. The molecule has 0 spiro atoms. The molecule has 0 unspecified atom stereocenters. The number of fused-ring (bicyclic) bond motifs is 1. The van der Waals surface area contributed by atoms with E-state index >= 15 is 0 Å². The van der Waals surface area contributed by atoms with E-state index in [9.17, 15) is 13.2 Å². The van der Waals surface area contributed by atoms with Gasteiger partial charge in [-0.1, -0.05) is 23.8 Å². The van der Waals surface area contributed by atoms with Crippen LogP contribution in [-0.2, 0) is 10.0 Å². The van der Waals surface area contributed by atoms with Crippen molar-refractivity contribution in [3.8, 4) is 0 Å². The minimum atomic E-state index is -3.77. The number of carbonyl (C=O) groups excluding carboxylic acids is 1. The number of hydrogen-bond donors (Lipinski definition) is 2. The van der Waals surface area contributed by atoms with Gasteiger partial charge in [-0.25, -0.2) is 8.42 Å². The molecule has 1 amide bonds. The van der Waals surface area contributed by atoms with E-state index in [1.807, 2.05) is 32.9 Å². The van der Waals surface area contributed by atoms with Gasteiger partial charge in [0.05, 0.1) is 21.3 Å². The van der Waals surface area contributed by atoms with Crippen LogP contribution < -0.4 is 10.0 Å². The van der Waals surface area contributed by atoms with Crippen molar-refractivity contribution in [1.82, 2.24) is 0 Å². The highest BCUT2D eigenvalue weighted by Gasteiger charge is 2.35. The van der Waals surface area contributed by atoms with Crippen LogP contribution in [0.15, 0.2) is 59.5 Å². The summed E-state index contributed by atoms with van der Waals surface area (Å²) in [5.74, 6) is -0.311. The smallest absolute Gasteiger partial charge is 0.261 e. The Hall–Kier alpha value is -2.54. The molecule has 0 bridgehead atoms. The predicted molar refractivity (Wildman–Crippen MR) is 129 cm³/mol. The number of sulfonamides is 1. The van der Waals surface area contributed by atoms with Gasteiger partial charge in [-0.3, -0.25) is 9.52 Å². The summed E-state index contributed by atoms with van der Waals surface area (Å²) in [5.41, 5.74) is 6.09. The zero-order valence-corrected chi connectivity index (χ0v) is 20.1. The van der Waals surface area contributed by atoms with Gasteiger partial charge >= 0.3 is 0 Å². The van der Waals surface area contributed by atoms with Crippen molar-refractivity contribution in [1.29, 1.82) is 0 Å². The Bertz CT molecular complexity index is 1300. The van der Waals surface area contributed by atoms with E-state index in [-0.39, 0.29) is 21.6 Å². The molecule has 32 heavy (non-hydrogen) atoms. The van der Waals surface area contributed by atoms with Gasteiger partial charge in [0.1, 0.15) is 0 Å². The van der Waals surface area contributed by atoms with Gasteiger partial charge in [0.2, 0.25) is 0 Å². The van der Waals surface area contributed by atoms with E-state index in [0.717, 1.165) is 27.8 Å². The van der Waals surface area contributed by atoms with Crippen LogP contribution in [0.25, 0.3) is 0 Å². The van der Waals surface area contributed by atoms with Crippen LogP contribution in [-0.4, -0.2) is 14.3 Å². The van der Waals surface area contributed by atoms with E-state index < -0.39 is 10.0 Å². The molecule has 0 aromatic heterocycles. The first kappa shape index (κ1) is 22.6. The van der Waals surface area contributed by atoms with Gasteiger partial charge < -0.3 is 5.32 Å². The Kier molecular flexibility index (Phi) is 5.96. The van der Waals surface area contributed by atoms with Gasteiger partial charge in [-0.2, -0.15) is 0 Å². The third-order valence-corrected chi connectivity index (χ3v) is 8.00. The molecular weight excluding hydrogens is 467 g/mol. The largest absolute Gasteiger partial charge is 0.322 e. The lowest BCUT2D eigenvalue weighted by molar-refractivity contribution is 0.102. The first-order valence-corrected chi connectivity index (χ1v) is 12.4. The zero-order valence-electron chi connectivity index (χ0n) is 17.7. The van der Waals surface area contributed by atoms with Crippen molar-refractivity contribution in [3.63, 3.8) is 0 Å². The predicted octanol–water partition coefficient (Wildman–Crippen LogP) is 6.24. The average molecular weight is 489 g/mol. The molecule has 8 heteroatoms. The molecule has 4 rings (SSSR count). The topological polar surface area (TPSA) is 75.3 Å². The van der Waals surface area contributed by atoms with Crippen LogP contribution in [0.3, 0.4) is 0 Å². The molecule has 5 nitrogen and oxygen atoms in total. The number of alkyl halides is 2. The lowest BCUT2D eigenvalue weighted by atomic mass is 9.86. The second kappa shape index (κ2) is 8.43. The Morgan fingerprint density at radius 1 is 0.844 bits per heavy atom. The van der Waals surface area contributed by atoms with Crippen LogP contribution in [0.2, 0.25) is 0 Å². The number of aryl methyl sites for hydroxylation is 3. The Morgan fingerprint density at radius 3 is 2.06 bits per heavy atom. The van der Waals surface area contributed by atoms with Crippen molar-refractivity contribution >= 4 is 50.5 Å². The minimum absolute atomic E-state index is 0.106. The van der Waals surface area contributed by atoms with Crippen LogP contribution in [0, 0.1) is 20.8 Å². The molecule has 2 N–H and O–H groups in total. The molecule has 3 aromatic rings. The van der Waals surface area contributed by atoms with Gasteiger partial charge in [-0.15, -0.1) is 23.2 Å². The van der Waals surface area contributed by atoms with Crippen molar-refractivity contribution in [2.24, 2.45) is 0 Å². The SMILES string of the molecule is Cc1cc(C)c(NS(=O)(=O)c2ccc(NC(=O)c3ccc4c(c3)[C@@H](Cl)[C@@H]4Cl)cc2)c(C)c1. The summed E-state index contributed by atoms with van der Waals surface area (Å²) in [4.78, 5) is 12.7. The van der Waals surface area contributed by atoms with Crippen molar-refractivity contribution in [3.05, 3.63) is 88.0 Å². The molecule has 0 fully saturated rings. The van der Waals surface area contributed by atoms with Gasteiger partial charge in [0.25, 0.3) is 15.9 Å². The fourth-order valence-corrected chi connectivity index (χ4v) is 5.74. The summed E-state index contributed by atoms with van der Waals surface area (Å²) < 4.78 is 28.4. The Balaban J connectivity index is 1.49. The van der Waals surface area contributed by atoms with E-state index in [2.05, 4.69) is 10.0 Å². The molecule has 0 saturated heterocycles. The fraction of sp³-hybridized carbons (Fsp3) is 0.208. The first-order valence-electron chi connectivity index (χ1n) is 10.0. The molecular formula is C24H22Cl2N2O3S. The van der Waals surface area contributed by atoms with Crippen molar-refractivity contribution in [2.75, 3.05) is 10.0 Å². The summed E-state index contributed by atoms with van der Waals surface area (Å²) in [6.45, 7) is 5.70. The van der Waals surface area contributed by atoms with Gasteiger partial charge in [0.15, 0.2) is 0 Å². The normalized spacial score (nSPS) is 17.3. The first-order chi connectivity index (χ1) is 15.1. The van der Waals surface area contributed by atoms with Crippen molar-refractivity contribution < 1.29 is 13.2 Å². The van der Waals surface area contributed by atoms with Crippen LogP contribution in [0.4, 0.5) is 11.4 Å². The number of rotatable bonds is 5. The summed E-state index contributed by atoms with van der Waals surface area (Å²) in [7, 11) is -3.77. The van der Waals surface area contributed by atoms with Crippen molar-refractivity contribution in [2.45, 2.75) is 36.4 Å². The molecule has 0 aliphatic heterocycles. The van der Waals surface area contributed by atoms with E-state index in [1.165, 1.54) is 12.1 Å². The highest BCUT2D eigenvalue weighted by atomic mass is 35.5. The summed E-state index contributed by atoms with van der Waals surface area (Å²) >= 11 is 12.3. The monoisotopic (exact) mass is 488 g/mol. The standard InChI is InChI=1S/C24H22Cl2N2O3S/c1-13-10-14(2)23(15(3)11-13)28-32(30,31)18-7-5-17(6-8-18)27-24(29)16-4-9-19-20(12-16)22(26)21(19)25/h4-12,21-22,28H,1-3H3,(H,27,29)/t21-,22-/m1/s1. The van der Waals surface area contributed by atoms with Crippen LogP contribution >= 0.6 is 23.2 Å². The number of halogens is 2. The van der Waals surface area contributed by atoms with E-state index in [0.29, 0.717) is 16.9 Å². The lowest BCUT2D eigenvalue weighted by Gasteiger charge is -2.31. The molecule has 166 valence electrons. The second-order valence-corrected chi connectivity index (χ2v) is 10.6. The number of nitrogens with one attached hydrogen (secondary N) is 2. The van der Waals surface area contributed by atoms with E-state index in [4.69, 9.17) is 23.2 Å². The molecule has 1 aliphatic rings. The number of hydrogen-bond acceptors (Lipinski definition) is 3. The maximum Gasteiger partial charge on any atom is 0.261 e.